The van der Waals surface area contributed by atoms with E-state index in [1.54, 1.807) is 0 Å². The Morgan fingerprint density at radius 3 is 1.60 bits per heavy atom. The number of esters is 2. The Hall–Kier alpha value is -3.23. The summed E-state index contributed by atoms with van der Waals surface area (Å²) in [5.74, 6) is -1.54. The second kappa shape index (κ2) is 34.8. The van der Waals surface area contributed by atoms with E-state index in [1.807, 2.05) is 21.1 Å². The number of unbranched alkanes of at least 4 members (excludes halogenated alkanes) is 8. The largest absolute Gasteiger partial charge is 0.477 e. The molecule has 0 aliphatic rings. The minimum absolute atomic E-state index is 0.0401. The topological polar surface area (TPSA) is 99.1 Å². The van der Waals surface area contributed by atoms with Crippen molar-refractivity contribution in [1.82, 2.24) is 0 Å². The number of carboxylic acids is 1. The molecule has 0 spiro atoms. The van der Waals surface area contributed by atoms with Gasteiger partial charge in [0, 0.05) is 19.3 Å². The number of hydrogen-bond donors (Lipinski definition) is 1. The van der Waals surface area contributed by atoms with Crippen molar-refractivity contribution in [3.05, 3.63) is 72.9 Å². The average molecular weight is 729 g/mol. The quantitative estimate of drug-likeness (QED) is 0.0305. The van der Waals surface area contributed by atoms with Crippen molar-refractivity contribution in [2.24, 2.45) is 0 Å². The van der Waals surface area contributed by atoms with Gasteiger partial charge in [-0.2, -0.15) is 0 Å². The molecule has 2 atom stereocenters. The van der Waals surface area contributed by atoms with E-state index in [1.165, 1.54) is 25.7 Å². The zero-order valence-electron chi connectivity index (χ0n) is 33.5. The van der Waals surface area contributed by atoms with Crippen LogP contribution in [0.3, 0.4) is 0 Å². The lowest BCUT2D eigenvalue weighted by Crippen LogP contribution is -2.50. The summed E-state index contributed by atoms with van der Waals surface area (Å²) in [6.45, 7) is 4.50. The first-order valence-electron chi connectivity index (χ1n) is 20.0. The van der Waals surface area contributed by atoms with Crippen molar-refractivity contribution in [3.63, 3.8) is 0 Å². The molecule has 1 N–H and O–H groups in total. The molecular weight excluding hydrogens is 654 g/mol. The number of aliphatic carboxylic acids is 1. The number of likely N-dealkylation sites (N-methyl/N-ethyl adjacent to an activating group) is 1. The van der Waals surface area contributed by atoms with Crippen LogP contribution in [0, 0.1) is 0 Å². The number of carbonyl (C=O) groups excluding carboxylic acids is 2. The summed E-state index contributed by atoms with van der Waals surface area (Å²) in [7, 11) is 5.49. The lowest BCUT2D eigenvalue weighted by Gasteiger charge is -2.31. The molecule has 0 heterocycles. The highest BCUT2D eigenvalue weighted by Crippen LogP contribution is 2.12. The SMILES string of the molecule is CC/C=C/C/C=C/C/C=C/C/C=C/C/C=C/C/C=C/CCCCC(=O)OC(COCCC(C(=O)O)[N+](C)(C)C)COC(=O)CCCCCCCCC. The molecule has 0 radical (unpaired) electrons. The first-order chi connectivity index (χ1) is 25.1. The number of carboxylic acid groups (broad SMARTS) is 1. The number of carbonyl (C=O) groups is 3. The molecule has 0 aliphatic heterocycles. The Labute approximate surface area is 317 Å². The molecule has 296 valence electrons. The predicted molar refractivity (Wildman–Crippen MR) is 215 cm³/mol. The minimum atomic E-state index is -0.887. The molecule has 0 aromatic rings. The molecule has 0 aliphatic carbocycles. The highest BCUT2D eigenvalue weighted by Gasteiger charge is 2.31. The number of quaternary nitrogens is 1. The van der Waals surface area contributed by atoms with Crippen molar-refractivity contribution >= 4 is 17.9 Å². The number of rotatable bonds is 34. The van der Waals surface area contributed by atoms with Gasteiger partial charge in [-0.3, -0.25) is 9.59 Å². The lowest BCUT2D eigenvalue weighted by atomic mass is 10.1. The Morgan fingerprint density at radius 2 is 1.08 bits per heavy atom. The van der Waals surface area contributed by atoms with Crippen molar-refractivity contribution in [2.75, 3.05) is 41.0 Å². The van der Waals surface area contributed by atoms with E-state index in [0.717, 1.165) is 70.6 Å². The van der Waals surface area contributed by atoms with Gasteiger partial charge in [-0.15, -0.1) is 0 Å². The average Bonchev–Trinajstić information content (AvgIpc) is 3.09. The van der Waals surface area contributed by atoms with Crippen LogP contribution in [0.5, 0.6) is 0 Å². The van der Waals surface area contributed by atoms with E-state index in [-0.39, 0.29) is 42.7 Å². The van der Waals surface area contributed by atoms with Crippen LogP contribution < -0.4 is 0 Å². The summed E-state index contributed by atoms with van der Waals surface area (Å²) in [6.07, 6.45) is 42.5. The molecule has 0 aromatic heterocycles. The molecule has 0 bridgehead atoms. The van der Waals surface area contributed by atoms with E-state index in [2.05, 4.69) is 86.8 Å². The third-order valence-corrected chi connectivity index (χ3v) is 8.37. The Kier molecular flexibility index (Phi) is 32.7. The van der Waals surface area contributed by atoms with Gasteiger partial charge >= 0.3 is 17.9 Å². The molecule has 52 heavy (non-hydrogen) atoms. The molecule has 0 saturated heterocycles. The van der Waals surface area contributed by atoms with Gasteiger partial charge in [-0.05, 0) is 64.2 Å². The number of ether oxygens (including phenoxy) is 3. The summed E-state index contributed by atoms with van der Waals surface area (Å²) in [5.41, 5.74) is 0. The Morgan fingerprint density at radius 1 is 0.596 bits per heavy atom. The van der Waals surface area contributed by atoms with Crippen LogP contribution in [0.4, 0.5) is 0 Å². The summed E-state index contributed by atoms with van der Waals surface area (Å²) in [5, 5.41) is 9.57. The molecule has 8 nitrogen and oxygen atoms in total. The van der Waals surface area contributed by atoms with Crippen molar-refractivity contribution < 1.29 is 38.2 Å². The van der Waals surface area contributed by atoms with Crippen LogP contribution >= 0.6 is 0 Å². The summed E-state index contributed by atoms with van der Waals surface area (Å²) in [4.78, 5) is 36.7. The number of allylic oxidation sites excluding steroid dienone is 12. The fourth-order valence-electron chi connectivity index (χ4n) is 5.27. The normalized spacial score (nSPS) is 13.8. The number of hydrogen-bond acceptors (Lipinski definition) is 6. The first kappa shape index (κ1) is 48.8. The maximum Gasteiger partial charge on any atom is 0.362 e. The van der Waals surface area contributed by atoms with Gasteiger partial charge in [0.2, 0.25) is 0 Å². The van der Waals surface area contributed by atoms with Gasteiger partial charge in [-0.1, -0.05) is 125 Å². The maximum atomic E-state index is 12.6. The van der Waals surface area contributed by atoms with Gasteiger partial charge in [0.25, 0.3) is 0 Å². The zero-order valence-corrected chi connectivity index (χ0v) is 33.5. The second-order valence-corrected chi connectivity index (χ2v) is 14.2. The summed E-state index contributed by atoms with van der Waals surface area (Å²) < 4.78 is 17.1. The first-order valence-corrected chi connectivity index (χ1v) is 20.0. The van der Waals surface area contributed by atoms with E-state index < -0.39 is 18.1 Å². The molecule has 0 rings (SSSR count). The fourth-order valence-corrected chi connectivity index (χ4v) is 5.27. The highest BCUT2D eigenvalue weighted by atomic mass is 16.6. The molecule has 0 amide bonds. The standard InChI is InChI=1S/C44H73NO7/c1-6-8-10-12-14-15-16-17-18-19-20-21-22-23-24-25-26-27-29-31-33-35-43(47)52-40(38-50-37-36-41(44(48)49)45(3,4)5)39-51-42(46)34-32-30-28-13-11-9-7-2/h8,10,14-15,17-18,20-21,23-24,26-27,40-41H,6-7,9,11-13,16,19,22,25,28-39H2,1-5H3/p+1/b10-8+,15-14+,18-17+,21-20+,24-23+,27-26+. The van der Waals surface area contributed by atoms with Crippen molar-refractivity contribution in [1.29, 1.82) is 0 Å². The van der Waals surface area contributed by atoms with Gasteiger partial charge < -0.3 is 23.8 Å². The molecule has 0 saturated carbocycles. The molecule has 2 unspecified atom stereocenters. The van der Waals surface area contributed by atoms with Gasteiger partial charge in [-0.25, -0.2) is 4.79 Å². The zero-order chi connectivity index (χ0) is 38.5. The van der Waals surface area contributed by atoms with E-state index in [9.17, 15) is 19.5 Å². The minimum Gasteiger partial charge on any atom is -0.477 e. The fraction of sp³-hybridized carbons (Fsp3) is 0.659. The third kappa shape index (κ3) is 32.7. The van der Waals surface area contributed by atoms with Gasteiger partial charge in [0.1, 0.15) is 6.61 Å². The monoisotopic (exact) mass is 729 g/mol. The third-order valence-electron chi connectivity index (χ3n) is 8.37. The summed E-state index contributed by atoms with van der Waals surface area (Å²) in [6, 6.07) is -0.623. The Bertz CT molecular complexity index is 1080. The van der Waals surface area contributed by atoms with Crippen LogP contribution in [0.2, 0.25) is 0 Å². The van der Waals surface area contributed by atoms with Crippen LogP contribution in [0.1, 0.15) is 136 Å². The smallest absolute Gasteiger partial charge is 0.362 e. The van der Waals surface area contributed by atoms with Crippen molar-refractivity contribution in [2.45, 2.75) is 148 Å². The van der Waals surface area contributed by atoms with Crippen LogP contribution in [-0.4, -0.2) is 80.6 Å². The second-order valence-electron chi connectivity index (χ2n) is 14.2. The van der Waals surface area contributed by atoms with E-state index >= 15 is 0 Å². The van der Waals surface area contributed by atoms with Gasteiger partial charge in [0.05, 0.1) is 34.4 Å². The van der Waals surface area contributed by atoms with Crippen LogP contribution in [0.25, 0.3) is 0 Å². The maximum absolute atomic E-state index is 12.6. The van der Waals surface area contributed by atoms with Crippen molar-refractivity contribution in [3.8, 4) is 0 Å². The molecule has 8 heteroatoms. The highest BCUT2D eigenvalue weighted by molar-refractivity contribution is 5.72. The lowest BCUT2D eigenvalue weighted by molar-refractivity contribution is -0.887. The molecule has 0 fully saturated rings. The molecule has 0 aromatic carbocycles. The van der Waals surface area contributed by atoms with E-state index in [4.69, 9.17) is 14.2 Å². The van der Waals surface area contributed by atoms with E-state index in [0.29, 0.717) is 19.3 Å². The van der Waals surface area contributed by atoms with Crippen LogP contribution in [-0.2, 0) is 28.6 Å². The van der Waals surface area contributed by atoms with Crippen LogP contribution in [0.15, 0.2) is 72.9 Å². The Balaban J connectivity index is 4.42. The van der Waals surface area contributed by atoms with Gasteiger partial charge in [0.15, 0.2) is 12.1 Å². The number of nitrogens with zero attached hydrogens (tertiary/aromatic N) is 1. The summed E-state index contributed by atoms with van der Waals surface area (Å²) >= 11 is 0. The predicted octanol–water partition coefficient (Wildman–Crippen LogP) is 10.4. The molecular formula is C44H74NO7+.